The van der Waals surface area contributed by atoms with Crippen LogP contribution in [0.5, 0.6) is 0 Å². The van der Waals surface area contributed by atoms with Gasteiger partial charge in [0.25, 0.3) is 0 Å². The van der Waals surface area contributed by atoms with Gasteiger partial charge in [-0.25, -0.2) is 0 Å². The Morgan fingerprint density at radius 3 is 2.55 bits per heavy atom. The van der Waals surface area contributed by atoms with Crippen molar-refractivity contribution in [2.45, 2.75) is 18.9 Å². The van der Waals surface area contributed by atoms with Gasteiger partial charge >= 0.3 is 11.9 Å². The molecule has 1 aromatic carbocycles. The van der Waals surface area contributed by atoms with Crippen molar-refractivity contribution < 1.29 is 19.8 Å². The van der Waals surface area contributed by atoms with Crippen LogP contribution in [-0.2, 0) is 16.0 Å². The fourth-order valence-electron chi connectivity index (χ4n) is 2.24. The lowest BCUT2D eigenvalue weighted by Gasteiger charge is -2.14. The highest BCUT2D eigenvalue weighted by Crippen LogP contribution is 2.22. The molecule has 2 atom stereocenters. The SMILES string of the molecule is N[C@@H](C[C@H](Cc1c[nH]c2ccccc12)C(=O)O)C(=O)O. The Balaban J connectivity index is 2.20. The van der Waals surface area contributed by atoms with E-state index in [9.17, 15) is 14.7 Å². The highest BCUT2D eigenvalue weighted by Gasteiger charge is 2.25. The van der Waals surface area contributed by atoms with E-state index in [1.165, 1.54) is 0 Å². The lowest BCUT2D eigenvalue weighted by Crippen LogP contribution is -2.35. The number of hydrogen-bond acceptors (Lipinski definition) is 3. The number of H-pyrrole nitrogens is 1. The monoisotopic (exact) mass is 276 g/mol. The summed E-state index contributed by atoms with van der Waals surface area (Å²) < 4.78 is 0. The predicted molar refractivity (Wildman–Crippen MR) is 73.4 cm³/mol. The predicted octanol–water partition coefficient (Wildman–Crippen LogP) is 1.21. The van der Waals surface area contributed by atoms with Crippen LogP contribution in [0.2, 0.25) is 0 Å². The number of carboxylic acid groups (broad SMARTS) is 2. The zero-order chi connectivity index (χ0) is 14.7. The third kappa shape index (κ3) is 2.97. The second-order valence-electron chi connectivity index (χ2n) is 4.78. The molecule has 0 aliphatic rings. The van der Waals surface area contributed by atoms with Crippen molar-refractivity contribution in [1.29, 1.82) is 0 Å². The van der Waals surface area contributed by atoms with E-state index < -0.39 is 23.9 Å². The first kappa shape index (κ1) is 14.1. The van der Waals surface area contributed by atoms with Crippen LogP contribution in [0.25, 0.3) is 10.9 Å². The molecular weight excluding hydrogens is 260 g/mol. The molecule has 1 heterocycles. The number of nitrogens with two attached hydrogens (primary N) is 1. The molecule has 0 amide bonds. The van der Waals surface area contributed by atoms with E-state index >= 15 is 0 Å². The topological polar surface area (TPSA) is 116 Å². The van der Waals surface area contributed by atoms with Gasteiger partial charge in [0.2, 0.25) is 0 Å². The molecule has 0 unspecified atom stereocenters. The Morgan fingerprint density at radius 2 is 1.90 bits per heavy atom. The minimum absolute atomic E-state index is 0.0931. The average Bonchev–Trinajstić information content (AvgIpc) is 2.81. The number of carbonyl (C=O) groups is 2. The number of aromatic amines is 1. The molecule has 0 fully saturated rings. The molecule has 0 spiro atoms. The molecule has 5 N–H and O–H groups in total. The van der Waals surface area contributed by atoms with Crippen molar-refractivity contribution in [3.05, 3.63) is 36.0 Å². The maximum absolute atomic E-state index is 11.3. The van der Waals surface area contributed by atoms with Gasteiger partial charge in [-0.15, -0.1) is 0 Å². The fourth-order valence-corrected chi connectivity index (χ4v) is 2.24. The van der Waals surface area contributed by atoms with Crippen LogP contribution in [0.3, 0.4) is 0 Å². The molecular formula is C14H16N2O4. The minimum Gasteiger partial charge on any atom is -0.481 e. The van der Waals surface area contributed by atoms with Crippen molar-refractivity contribution >= 4 is 22.8 Å². The Bertz CT molecular complexity index is 635. The highest BCUT2D eigenvalue weighted by molar-refractivity contribution is 5.84. The fraction of sp³-hybridized carbons (Fsp3) is 0.286. The third-order valence-electron chi connectivity index (χ3n) is 3.35. The Morgan fingerprint density at radius 1 is 1.20 bits per heavy atom. The van der Waals surface area contributed by atoms with E-state index in [1.807, 2.05) is 24.3 Å². The van der Waals surface area contributed by atoms with Gasteiger partial charge in [0.15, 0.2) is 0 Å². The maximum Gasteiger partial charge on any atom is 0.320 e. The van der Waals surface area contributed by atoms with E-state index in [0.29, 0.717) is 0 Å². The Kier molecular flexibility index (Phi) is 4.05. The number of para-hydroxylation sites is 1. The Hall–Kier alpha value is -2.34. The average molecular weight is 276 g/mol. The van der Waals surface area contributed by atoms with Crippen molar-refractivity contribution in [3.8, 4) is 0 Å². The summed E-state index contributed by atoms with van der Waals surface area (Å²) in [5, 5.41) is 18.9. The Labute approximate surface area is 115 Å². The minimum atomic E-state index is -1.19. The summed E-state index contributed by atoms with van der Waals surface area (Å²) in [6.45, 7) is 0. The lowest BCUT2D eigenvalue weighted by molar-refractivity contribution is -0.143. The quantitative estimate of drug-likeness (QED) is 0.633. The van der Waals surface area contributed by atoms with Crippen LogP contribution >= 0.6 is 0 Å². The van der Waals surface area contributed by atoms with Gasteiger partial charge < -0.3 is 20.9 Å². The molecule has 0 saturated carbocycles. The zero-order valence-electron chi connectivity index (χ0n) is 10.7. The first-order chi connectivity index (χ1) is 9.49. The van der Waals surface area contributed by atoms with Crippen molar-refractivity contribution in [1.82, 2.24) is 4.98 Å². The van der Waals surface area contributed by atoms with E-state index in [1.54, 1.807) is 6.20 Å². The number of benzene rings is 1. The molecule has 6 nitrogen and oxygen atoms in total. The van der Waals surface area contributed by atoms with Crippen LogP contribution < -0.4 is 5.73 Å². The van der Waals surface area contributed by atoms with Crippen molar-refractivity contribution in [2.24, 2.45) is 11.7 Å². The molecule has 0 saturated heterocycles. The van der Waals surface area contributed by atoms with Crippen LogP contribution in [-0.4, -0.2) is 33.2 Å². The molecule has 0 aliphatic carbocycles. The number of nitrogens with one attached hydrogen (secondary N) is 1. The number of hydrogen-bond donors (Lipinski definition) is 4. The smallest absolute Gasteiger partial charge is 0.320 e. The zero-order valence-corrected chi connectivity index (χ0v) is 10.7. The molecule has 20 heavy (non-hydrogen) atoms. The first-order valence-corrected chi connectivity index (χ1v) is 6.25. The second kappa shape index (κ2) is 5.75. The van der Waals surface area contributed by atoms with Crippen molar-refractivity contribution in [3.63, 3.8) is 0 Å². The second-order valence-corrected chi connectivity index (χ2v) is 4.78. The van der Waals surface area contributed by atoms with Gasteiger partial charge in [0.05, 0.1) is 5.92 Å². The molecule has 2 rings (SSSR count). The van der Waals surface area contributed by atoms with Gasteiger partial charge in [0, 0.05) is 17.1 Å². The van der Waals surface area contributed by atoms with Gasteiger partial charge in [-0.1, -0.05) is 18.2 Å². The summed E-state index contributed by atoms with van der Waals surface area (Å²) >= 11 is 0. The van der Waals surface area contributed by atoms with E-state index in [-0.39, 0.29) is 12.8 Å². The number of fused-ring (bicyclic) bond motifs is 1. The normalized spacial score (nSPS) is 14.1. The van der Waals surface area contributed by atoms with E-state index in [2.05, 4.69) is 4.98 Å². The lowest BCUT2D eigenvalue weighted by atomic mass is 9.93. The molecule has 106 valence electrons. The number of rotatable bonds is 6. The summed E-state index contributed by atoms with van der Waals surface area (Å²) in [5.41, 5.74) is 7.20. The van der Waals surface area contributed by atoms with Crippen molar-refractivity contribution in [2.75, 3.05) is 0 Å². The van der Waals surface area contributed by atoms with Gasteiger partial charge in [-0.2, -0.15) is 0 Å². The largest absolute Gasteiger partial charge is 0.481 e. The van der Waals surface area contributed by atoms with E-state index in [0.717, 1.165) is 16.5 Å². The summed E-state index contributed by atoms with van der Waals surface area (Å²) in [4.78, 5) is 25.1. The molecule has 0 radical (unpaired) electrons. The third-order valence-corrected chi connectivity index (χ3v) is 3.35. The van der Waals surface area contributed by atoms with Gasteiger partial charge in [-0.05, 0) is 24.5 Å². The highest BCUT2D eigenvalue weighted by atomic mass is 16.4. The number of aliphatic carboxylic acids is 2. The number of carboxylic acids is 2. The van der Waals surface area contributed by atoms with Crippen LogP contribution in [0, 0.1) is 5.92 Å². The van der Waals surface area contributed by atoms with E-state index in [4.69, 9.17) is 10.8 Å². The summed E-state index contributed by atoms with van der Waals surface area (Å²) in [5.74, 6) is -3.04. The molecule has 1 aromatic heterocycles. The van der Waals surface area contributed by atoms with Gasteiger partial charge in [0.1, 0.15) is 6.04 Å². The standard InChI is InChI=1S/C14H16N2O4/c15-11(14(19)20)6-8(13(17)18)5-9-7-16-12-4-2-1-3-10(9)12/h1-4,7-8,11,16H,5-6,15H2,(H,17,18)(H,19,20)/t8-,11-/m0/s1. The van der Waals surface area contributed by atoms with Gasteiger partial charge in [-0.3, -0.25) is 9.59 Å². The first-order valence-electron chi connectivity index (χ1n) is 6.25. The molecule has 6 heteroatoms. The molecule has 2 aromatic rings. The molecule has 0 aliphatic heterocycles. The maximum atomic E-state index is 11.3. The molecule has 0 bridgehead atoms. The van der Waals surface area contributed by atoms with Crippen LogP contribution in [0.15, 0.2) is 30.5 Å². The summed E-state index contributed by atoms with van der Waals surface area (Å²) in [6.07, 6.45) is 1.91. The summed E-state index contributed by atoms with van der Waals surface area (Å²) in [7, 11) is 0. The summed E-state index contributed by atoms with van der Waals surface area (Å²) in [6, 6.07) is 6.39. The van der Waals surface area contributed by atoms with Crippen LogP contribution in [0.1, 0.15) is 12.0 Å². The number of aromatic nitrogens is 1. The van der Waals surface area contributed by atoms with Crippen LogP contribution in [0.4, 0.5) is 0 Å².